The maximum atomic E-state index is 5.93. The quantitative estimate of drug-likeness (QED) is 0.775. The number of aromatic nitrogens is 4. The lowest BCUT2D eigenvalue weighted by Crippen LogP contribution is -2.17. The van der Waals surface area contributed by atoms with E-state index in [-0.39, 0.29) is 5.92 Å². The van der Waals surface area contributed by atoms with Crippen LogP contribution in [0.25, 0.3) is 5.69 Å². The third-order valence-electron chi connectivity index (χ3n) is 3.52. The zero-order chi connectivity index (χ0) is 14.5. The van der Waals surface area contributed by atoms with Crippen LogP contribution in [0.4, 0.5) is 0 Å². The van der Waals surface area contributed by atoms with Gasteiger partial charge >= 0.3 is 0 Å². The maximum absolute atomic E-state index is 5.93. The van der Waals surface area contributed by atoms with Crippen molar-refractivity contribution >= 4 is 0 Å². The van der Waals surface area contributed by atoms with E-state index >= 15 is 0 Å². The zero-order valence-electron chi connectivity index (χ0n) is 11.6. The Labute approximate surface area is 123 Å². The van der Waals surface area contributed by atoms with Crippen molar-refractivity contribution in [1.29, 1.82) is 0 Å². The van der Waals surface area contributed by atoms with Gasteiger partial charge in [-0.15, -0.1) is 5.10 Å². The highest BCUT2D eigenvalue weighted by Gasteiger charge is 2.16. The Balaban J connectivity index is 1.87. The summed E-state index contributed by atoms with van der Waals surface area (Å²) in [5.41, 5.74) is 8.10. The molecule has 2 N–H and O–H groups in total. The zero-order valence-corrected chi connectivity index (χ0v) is 11.6. The van der Waals surface area contributed by atoms with E-state index in [0.29, 0.717) is 13.0 Å². The van der Waals surface area contributed by atoms with Gasteiger partial charge in [0.25, 0.3) is 0 Å². The van der Waals surface area contributed by atoms with E-state index in [9.17, 15) is 0 Å². The molecule has 1 unspecified atom stereocenters. The molecule has 0 saturated heterocycles. The molecule has 0 radical (unpaired) electrons. The molecule has 0 bridgehead atoms. The summed E-state index contributed by atoms with van der Waals surface area (Å²) >= 11 is 0. The predicted molar refractivity (Wildman–Crippen MR) is 81.1 cm³/mol. The lowest BCUT2D eigenvalue weighted by atomic mass is 9.95. The average Bonchev–Trinajstić information content (AvgIpc) is 3.02. The van der Waals surface area contributed by atoms with Crippen molar-refractivity contribution in [2.45, 2.75) is 12.3 Å². The second-order valence-corrected chi connectivity index (χ2v) is 4.89. The number of hydrogen-bond acceptors (Lipinski definition) is 4. The van der Waals surface area contributed by atoms with E-state index in [0.717, 1.165) is 11.5 Å². The molecule has 0 aliphatic rings. The van der Waals surface area contributed by atoms with Gasteiger partial charge in [-0.25, -0.2) is 0 Å². The molecule has 0 saturated carbocycles. The minimum absolute atomic E-state index is 0.208. The van der Waals surface area contributed by atoms with E-state index in [1.807, 2.05) is 48.5 Å². The van der Waals surface area contributed by atoms with Gasteiger partial charge in [0.1, 0.15) is 0 Å². The van der Waals surface area contributed by atoms with E-state index in [2.05, 4.69) is 27.7 Å². The molecule has 0 fully saturated rings. The molecule has 3 aromatic rings. The summed E-state index contributed by atoms with van der Waals surface area (Å²) in [4.78, 5) is 0. The third-order valence-corrected chi connectivity index (χ3v) is 3.52. The van der Waals surface area contributed by atoms with Crippen LogP contribution in [-0.2, 0) is 6.42 Å². The van der Waals surface area contributed by atoms with Crippen molar-refractivity contribution in [3.8, 4) is 5.69 Å². The van der Waals surface area contributed by atoms with Gasteiger partial charge in [-0.05, 0) is 34.7 Å². The summed E-state index contributed by atoms with van der Waals surface area (Å²) in [6, 6.07) is 20.1. The van der Waals surface area contributed by atoms with Crippen LogP contribution in [0, 0.1) is 0 Å². The summed E-state index contributed by atoms with van der Waals surface area (Å²) in [5, 5.41) is 12.0. The second kappa shape index (κ2) is 6.28. The molecular weight excluding hydrogens is 262 g/mol. The molecule has 3 rings (SSSR count). The summed E-state index contributed by atoms with van der Waals surface area (Å²) in [5.74, 6) is 1.03. The van der Waals surface area contributed by atoms with Crippen LogP contribution >= 0.6 is 0 Å². The summed E-state index contributed by atoms with van der Waals surface area (Å²) in [6.07, 6.45) is 0.711. The standard InChI is InChI=1S/C16H17N5/c17-12-14(13-7-3-1-4-8-13)11-16-18-19-20-21(16)15-9-5-2-6-10-15/h1-10,14H,11-12,17H2. The van der Waals surface area contributed by atoms with Gasteiger partial charge in [-0.2, -0.15) is 4.68 Å². The van der Waals surface area contributed by atoms with Gasteiger partial charge < -0.3 is 5.73 Å². The second-order valence-electron chi connectivity index (χ2n) is 4.89. The molecule has 0 aliphatic heterocycles. The molecule has 0 amide bonds. The van der Waals surface area contributed by atoms with E-state index in [4.69, 9.17) is 5.73 Å². The number of rotatable bonds is 5. The number of para-hydroxylation sites is 1. The Bertz CT molecular complexity index is 678. The Kier molecular flexibility index (Phi) is 4.02. The molecule has 21 heavy (non-hydrogen) atoms. The molecule has 5 nitrogen and oxygen atoms in total. The van der Waals surface area contributed by atoms with Crippen molar-refractivity contribution in [3.63, 3.8) is 0 Å². The number of tetrazole rings is 1. The number of nitrogens with two attached hydrogens (primary N) is 1. The third kappa shape index (κ3) is 2.98. The van der Waals surface area contributed by atoms with Crippen molar-refractivity contribution in [3.05, 3.63) is 72.1 Å². The van der Waals surface area contributed by atoms with E-state index < -0.39 is 0 Å². The van der Waals surface area contributed by atoms with E-state index in [1.54, 1.807) is 4.68 Å². The molecule has 0 spiro atoms. The van der Waals surface area contributed by atoms with Crippen molar-refractivity contribution in [2.75, 3.05) is 6.54 Å². The molecule has 1 heterocycles. The first-order chi connectivity index (χ1) is 10.4. The van der Waals surface area contributed by atoms with Crippen molar-refractivity contribution in [1.82, 2.24) is 20.2 Å². The van der Waals surface area contributed by atoms with Crippen LogP contribution in [0.15, 0.2) is 60.7 Å². The lowest BCUT2D eigenvalue weighted by molar-refractivity contribution is 0.646. The first-order valence-corrected chi connectivity index (χ1v) is 6.96. The van der Waals surface area contributed by atoms with Crippen LogP contribution in [0.5, 0.6) is 0 Å². The molecule has 1 atom stereocenters. The Hall–Kier alpha value is -2.53. The Morgan fingerprint density at radius 1 is 0.952 bits per heavy atom. The van der Waals surface area contributed by atoms with Gasteiger partial charge in [0.2, 0.25) is 0 Å². The fourth-order valence-corrected chi connectivity index (χ4v) is 2.39. The Morgan fingerprint density at radius 2 is 1.62 bits per heavy atom. The topological polar surface area (TPSA) is 69.6 Å². The van der Waals surface area contributed by atoms with Gasteiger partial charge in [-0.3, -0.25) is 0 Å². The molecule has 1 aromatic heterocycles. The highest BCUT2D eigenvalue weighted by molar-refractivity contribution is 5.31. The van der Waals surface area contributed by atoms with Gasteiger partial charge in [0, 0.05) is 12.3 Å². The first kappa shape index (κ1) is 13.5. The van der Waals surface area contributed by atoms with Gasteiger partial charge in [0.15, 0.2) is 5.82 Å². The molecule has 0 aliphatic carbocycles. The number of nitrogens with zero attached hydrogens (tertiary/aromatic N) is 4. The minimum atomic E-state index is 0.208. The number of benzene rings is 2. The molecule has 106 valence electrons. The normalized spacial score (nSPS) is 12.2. The average molecular weight is 279 g/mol. The molecular formula is C16H17N5. The smallest absolute Gasteiger partial charge is 0.157 e. The van der Waals surface area contributed by atoms with Crippen molar-refractivity contribution < 1.29 is 0 Å². The minimum Gasteiger partial charge on any atom is -0.330 e. The lowest BCUT2D eigenvalue weighted by Gasteiger charge is -2.14. The maximum Gasteiger partial charge on any atom is 0.157 e. The highest BCUT2D eigenvalue weighted by atomic mass is 15.5. The van der Waals surface area contributed by atoms with Gasteiger partial charge in [0.05, 0.1) is 5.69 Å². The summed E-state index contributed by atoms with van der Waals surface area (Å²) < 4.78 is 1.77. The predicted octanol–water partition coefficient (Wildman–Crippen LogP) is 1.95. The first-order valence-electron chi connectivity index (χ1n) is 6.96. The van der Waals surface area contributed by atoms with Crippen LogP contribution in [-0.4, -0.2) is 26.8 Å². The summed E-state index contributed by atoms with van der Waals surface area (Å²) in [7, 11) is 0. The van der Waals surface area contributed by atoms with Gasteiger partial charge in [-0.1, -0.05) is 48.5 Å². The molecule has 2 aromatic carbocycles. The summed E-state index contributed by atoms with van der Waals surface area (Å²) in [6.45, 7) is 0.561. The van der Waals surface area contributed by atoms with Crippen LogP contribution in [0.2, 0.25) is 0 Å². The number of hydrogen-bond donors (Lipinski definition) is 1. The largest absolute Gasteiger partial charge is 0.330 e. The van der Waals surface area contributed by atoms with E-state index in [1.165, 1.54) is 5.56 Å². The fraction of sp³-hybridized carbons (Fsp3) is 0.188. The monoisotopic (exact) mass is 279 g/mol. The van der Waals surface area contributed by atoms with Crippen LogP contribution in [0.1, 0.15) is 17.3 Å². The van der Waals surface area contributed by atoms with Crippen LogP contribution < -0.4 is 5.73 Å². The van der Waals surface area contributed by atoms with Crippen molar-refractivity contribution in [2.24, 2.45) is 5.73 Å². The highest BCUT2D eigenvalue weighted by Crippen LogP contribution is 2.19. The SMILES string of the molecule is NCC(Cc1nnnn1-c1ccccc1)c1ccccc1. The molecule has 5 heteroatoms. The fourth-order valence-electron chi connectivity index (χ4n) is 2.39. The Morgan fingerprint density at radius 3 is 2.29 bits per heavy atom. The van der Waals surface area contributed by atoms with Crippen LogP contribution in [0.3, 0.4) is 0 Å².